The Bertz CT molecular complexity index is 1490. The van der Waals surface area contributed by atoms with E-state index in [0.717, 1.165) is 48.2 Å². The number of carbonyl (C=O) groups excluding carboxylic acids is 2. The van der Waals surface area contributed by atoms with Crippen molar-refractivity contribution in [3.8, 4) is 11.5 Å². The molecule has 0 bridgehead atoms. The molecule has 0 unspecified atom stereocenters. The molecule has 0 spiro atoms. The van der Waals surface area contributed by atoms with Crippen LogP contribution in [-0.4, -0.2) is 68.3 Å². The van der Waals surface area contributed by atoms with Gasteiger partial charge in [0.25, 0.3) is 0 Å². The number of nitrogens with one attached hydrogen (secondary N) is 2. The van der Waals surface area contributed by atoms with Gasteiger partial charge in [0.05, 0.1) is 33.5 Å². The van der Waals surface area contributed by atoms with Gasteiger partial charge in [-0.3, -0.25) is 14.5 Å². The molecule has 9 nitrogen and oxygen atoms in total. The maximum absolute atomic E-state index is 14.1. The van der Waals surface area contributed by atoms with Gasteiger partial charge >= 0.3 is 0 Å². The van der Waals surface area contributed by atoms with Crippen LogP contribution in [-0.2, 0) is 34.0 Å². The third kappa shape index (κ3) is 8.39. The predicted molar refractivity (Wildman–Crippen MR) is 178 cm³/mol. The summed E-state index contributed by atoms with van der Waals surface area (Å²) in [7, 11) is 1.66. The van der Waals surface area contributed by atoms with Crippen molar-refractivity contribution in [1.29, 1.82) is 0 Å². The Morgan fingerprint density at radius 1 is 1.02 bits per heavy atom. The van der Waals surface area contributed by atoms with Gasteiger partial charge in [-0.15, -0.1) is 0 Å². The number of nitrogens with zero attached hydrogens (tertiary/aromatic N) is 2. The Labute approximate surface area is 276 Å². The molecule has 1 atom stereocenters. The molecule has 46 heavy (non-hydrogen) atoms. The summed E-state index contributed by atoms with van der Waals surface area (Å²) in [5, 5.41) is 7.36. The standard InChI is InChI=1S/C36H43ClN4O5/c1-44-34-6-3-2-5-26(34)24-45-17-4-18-46-31-14-12-30(13-15-31)41-33(21-38-22-35(41)42)36(43)40(29-10-11-29)23-27-19-25(7-16-32(27)37)20-39-28-8-9-28/h2-3,5-7,12-16,19,28-29,33,38-39H,4,8-11,17-18,20-24H2,1H3/t33-/m1/s1. The fourth-order valence-electron chi connectivity index (χ4n) is 5.80. The molecule has 2 N–H and O–H groups in total. The zero-order valence-electron chi connectivity index (χ0n) is 26.4. The number of rotatable bonds is 16. The maximum Gasteiger partial charge on any atom is 0.247 e. The number of amides is 2. The molecule has 3 fully saturated rings. The highest BCUT2D eigenvalue weighted by Gasteiger charge is 2.41. The number of ether oxygens (including phenoxy) is 3. The highest BCUT2D eigenvalue weighted by atomic mass is 35.5. The SMILES string of the molecule is COc1ccccc1COCCCOc1ccc(N2C(=O)CNC[C@@H]2C(=O)N(Cc2cc(CNC3CC3)ccc2Cl)C2CC2)cc1. The number of hydrogen-bond acceptors (Lipinski definition) is 7. The van der Waals surface area contributed by atoms with E-state index in [4.69, 9.17) is 25.8 Å². The van der Waals surface area contributed by atoms with Gasteiger partial charge in [-0.05, 0) is 73.2 Å². The molecule has 244 valence electrons. The smallest absolute Gasteiger partial charge is 0.247 e. The van der Waals surface area contributed by atoms with Crippen molar-refractivity contribution >= 4 is 29.1 Å². The summed E-state index contributed by atoms with van der Waals surface area (Å²) in [6.07, 6.45) is 5.10. The number of piperazine rings is 1. The summed E-state index contributed by atoms with van der Waals surface area (Å²) in [6, 6.07) is 21.4. The van der Waals surface area contributed by atoms with Crippen LogP contribution < -0.4 is 25.0 Å². The van der Waals surface area contributed by atoms with E-state index in [2.05, 4.69) is 16.7 Å². The van der Waals surface area contributed by atoms with E-state index in [1.807, 2.05) is 65.6 Å². The molecule has 2 amide bonds. The fourth-order valence-corrected chi connectivity index (χ4v) is 5.98. The van der Waals surface area contributed by atoms with Crippen LogP contribution in [0.25, 0.3) is 0 Å². The fraction of sp³-hybridized carbons (Fsp3) is 0.444. The first-order valence-corrected chi connectivity index (χ1v) is 16.6. The number of carbonyl (C=O) groups is 2. The lowest BCUT2D eigenvalue weighted by Gasteiger charge is -2.38. The van der Waals surface area contributed by atoms with Crippen LogP contribution in [0.15, 0.2) is 66.7 Å². The van der Waals surface area contributed by atoms with Crippen LogP contribution in [0.4, 0.5) is 5.69 Å². The zero-order valence-corrected chi connectivity index (χ0v) is 27.1. The van der Waals surface area contributed by atoms with Gasteiger partial charge in [-0.25, -0.2) is 0 Å². The monoisotopic (exact) mass is 646 g/mol. The summed E-state index contributed by atoms with van der Waals surface area (Å²) in [6.45, 7) is 3.32. The van der Waals surface area contributed by atoms with Gasteiger partial charge in [-0.1, -0.05) is 41.9 Å². The van der Waals surface area contributed by atoms with Crippen molar-refractivity contribution < 1.29 is 23.8 Å². The molecular formula is C36H43ClN4O5. The van der Waals surface area contributed by atoms with Crippen LogP contribution >= 0.6 is 11.6 Å². The first-order valence-electron chi connectivity index (χ1n) is 16.3. The molecule has 6 rings (SSSR count). The van der Waals surface area contributed by atoms with Crippen LogP contribution in [0.5, 0.6) is 11.5 Å². The average Bonchev–Trinajstić information content (AvgIpc) is 4.01. The molecule has 0 radical (unpaired) electrons. The molecule has 0 aromatic heterocycles. The van der Waals surface area contributed by atoms with E-state index in [1.165, 1.54) is 12.8 Å². The van der Waals surface area contributed by atoms with E-state index < -0.39 is 6.04 Å². The molecule has 1 heterocycles. The average molecular weight is 647 g/mol. The highest BCUT2D eigenvalue weighted by molar-refractivity contribution is 6.31. The first-order chi connectivity index (χ1) is 22.5. The minimum Gasteiger partial charge on any atom is -0.496 e. The second kappa shape index (κ2) is 15.3. The summed E-state index contributed by atoms with van der Waals surface area (Å²) < 4.78 is 17.1. The Hall–Kier alpha value is -3.63. The summed E-state index contributed by atoms with van der Waals surface area (Å²) in [5.41, 5.74) is 3.79. The third-order valence-corrected chi connectivity index (χ3v) is 9.01. The molecule has 3 aromatic rings. The zero-order chi connectivity index (χ0) is 31.9. The minimum atomic E-state index is -0.646. The van der Waals surface area contributed by atoms with Crippen molar-refractivity contribution in [3.05, 3.63) is 88.4 Å². The molecule has 3 aromatic carbocycles. The second-order valence-electron chi connectivity index (χ2n) is 12.2. The number of para-hydroxylation sites is 1. The van der Waals surface area contributed by atoms with Crippen LogP contribution in [0.3, 0.4) is 0 Å². The maximum atomic E-state index is 14.1. The van der Waals surface area contributed by atoms with Gasteiger partial charge in [0.2, 0.25) is 11.8 Å². The van der Waals surface area contributed by atoms with Crippen LogP contribution in [0, 0.1) is 0 Å². The minimum absolute atomic E-state index is 0.0610. The van der Waals surface area contributed by atoms with E-state index >= 15 is 0 Å². The van der Waals surface area contributed by atoms with Gasteiger partial charge in [0.1, 0.15) is 17.5 Å². The molecule has 2 saturated carbocycles. The molecule has 10 heteroatoms. The quantitative estimate of drug-likeness (QED) is 0.210. The Balaban J connectivity index is 1.05. The Morgan fingerprint density at radius 3 is 2.59 bits per heavy atom. The molecular weight excluding hydrogens is 604 g/mol. The van der Waals surface area contributed by atoms with Crippen molar-refractivity contribution in [2.75, 3.05) is 38.3 Å². The summed E-state index contributed by atoms with van der Waals surface area (Å²) >= 11 is 6.63. The number of hydrogen-bond donors (Lipinski definition) is 2. The predicted octanol–water partition coefficient (Wildman–Crippen LogP) is 5.08. The topological polar surface area (TPSA) is 92.4 Å². The van der Waals surface area contributed by atoms with E-state index in [0.29, 0.717) is 55.4 Å². The molecule has 3 aliphatic rings. The second-order valence-corrected chi connectivity index (χ2v) is 12.7. The number of anilines is 1. The van der Waals surface area contributed by atoms with E-state index in [1.54, 1.807) is 12.0 Å². The lowest BCUT2D eigenvalue weighted by Crippen LogP contribution is -2.61. The number of benzene rings is 3. The van der Waals surface area contributed by atoms with Gasteiger partial charge in [-0.2, -0.15) is 0 Å². The van der Waals surface area contributed by atoms with Crippen LogP contribution in [0.2, 0.25) is 5.02 Å². The van der Waals surface area contributed by atoms with Gasteiger partial charge < -0.3 is 29.7 Å². The van der Waals surface area contributed by atoms with Crippen molar-refractivity contribution in [2.24, 2.45) is 0 Å². The van der Waals surface area contributed by atoms with E-state index in [9.17, 15) is 9.59 Å². The lowest BCUT2D eigenvalue weighted by molar-refractivity contribution is -0.136. The van der Waals surface area contributed by atoms with Crippen molar-refractivity contribution in [3.63, 3.8) is 0 Å². The summed E-state index contributed by atoms with van der Waals surface area (Å²) in [4.78, 5) is 30.9. The third-order valence-electron chi connectivity index (χ3n) is 8.64. The van der Waals surface area contributed by atoms with Gasteiger partial charge in [0, 0.05) is 54.4 Å². The number of methoxy groups -OCH3 is 1. The van der Waals surface area contributed by atoms with Crippen molar-refractivity contribution in [1.82, 2.24) is 15.5 Å². The molecule has 1 aliphatic heterocycles. The Morgan fingerprint density at radius 2 is 1.83 bits per heavy atom. The first kappa shape index (κ1) is 32.3. The lowest BCUT2D eigenvalue weighted by atomic mass is 10.1. The van der Waals surface area contributed by atoms with E-state index in [-0.39, 0.29) is 24.4 Å². The molecule has 2 aliphatic carbocycles. The summed E-state index contributed by atoms with van der Waals surface area (Å²) in [5.74, 6) is 1.32. The largest absolute Gasteiger partial charge is 0.496 e. The Kier molecular flexibility index (Phi) is 10.8. The molecule has 1 saturated heterocycles. The normalized spacial score (nSPS) is 18.0. The van der Waals surface area contributed by atoms with Gasteiger partial charge in [0.15, 0.2) is 0 Å². The van der Waals surface area contributed by atoms with Crippen molar-refractivity contribution in [2.45, 2.75) is 69.9 Å². The van der Waals surface area contributed by atoms with Crippen LogP contribution in [0.1, 0.15) is 48.8 Å². The number of halogens is 1. The highest BCUT2D eigenvalue weighted by Crippen LogP contribution is 2.33.